The standard InChI is InChI=1S/C16H15N3O2/c1-10-4-5-17-8-13(10)9-18-16(21)12-3-2-11-7-15(20)19-14(11)6-12/h2-6,8H,7,9H2,1H3,(H,18,21)(H,19,20). The molecule has 3 rings (SSSR count). The van der Waals surface area contributed by atoms with Crippen LogP contribution >= 0.6 is 0 Å². The number of nitrogens with zero attached hydrogens (tertiary/aromatic N) is 1. The topological polar surface area (TPSA) is 71.1 Å². The number of rotatable bonds is 3. The molecule has 0 aliphatic carbocycles. The quantitative estimate of drug-likeness (QED) is 0.901. The fourth-order valence-corrected chi connectivity index (χ4v) is 2.31. The zero-order valence-electron chi connectivity index (χ0n) is 11.6. The largest absolute Gasteiger partial charge is 0.348 e. The third-order valence-electron chi connectivity index (χ3n) is 3.58. The summed E-state index contributed by atoms with van der Waals surface area (Å²) in [5.74, 6) is -0.198. The summed E-state index contributed by atoms with van der Waals surface area (Å²) in [7, 11) is 0. The van der Waals surface area contributed by atoms with Gasteiger partial charge in [0, 0.05) is 30.2 Å². The molecule has 106 valence electrons. The van der Waals surface area contributed by atoms with Crippen molar-refractivity contribution in [1.29, 1.82) is 0 Å². The molecule has 0 saturated heterocycles. The third-order valence-corrected chi connectivity index (χ3v) is 3.58. The van der Waals surface area contributed by atoms with Crippen LogP contribution in [0.1, 0.15) is 27.0 Å². The number of carbonyl (C=O) groups excluding carboxylic acids is 2. The predicted molar refractivity (Wildman–Crippen MR) is 78.9 cm³/mol. The van der Waals surface area contributed by atoms with E-state index in [0.29, 0.717) is 18.5 Å². The van der Waals surface area contributed by atoms with Crippen molar-refractivity contribution in [2.24, 2.45) is 0 Å². The molecular formula is C16H15N3O2. The summed E-state index contributed by atoms with van der Waals surface area (Å²) in [4.78, 5) is 27.5. The lowest BCUT2D eigenvalue weighted by Gasteiger charge is -2.08. The summed E-state index contributed by atoms with van der Waals surface area (Å²) < 4.78 is 0. The van der Waals surface area contributed by atoms with E-state index in [4.69, 9.17) is 0 Å². The number of fused-ring (bicyclic) bond motifs is 1. The Balaban J connectivity index is 1.71. The summed E-state index contributed by atoms with van der Waals surface area (Å²) in [6.07, 6.45) is 3.86. The van der Waals surface area contributed by atoms with Crippen LogP contribution in [-0.2, 0) is 17.8 Å². The number of aromatic nitrogens is 1. The molecule has 2 N–H and O–H groups in total. The van der Waals surface area contributed by atoms with Gasteiger partial charge in [-0.3, -0.25) is 14.6 Å². The van der Waals surface area contributed by atoms with Gasteiger partial charge in [0.05, 0.1) is 6.42 Å². The van der Waals surface area contributed by atoms with Gasteiger partial charge in [-0.2, -0.15) is 0 Å². The average Bonchev–Trinajstić information content (AvgIpc) is 2.85. The summed E-state index contributed by atoms with van der Waals surface area (Å²) in [6, 6.07) is 7.18. The molecular weight excluding hydrogens is 266 g/mol. The number of hydrogen-bond acceptors (Lipinski definition) is 3. The molecule has 0 spiro atoms. The maximum atomic E-state index is 12.2. The molecule has 0 atom stereocenters. The number of aryl methyl sites for hydroxylation is 1. The molecule has 1 aromatic heterocycles. The van der Waals surface area contributed by atoms with Crippen LogP contribution in [0.25, 0.3) is 0 Å². The van der Waals surface area contributed by atoms with E-state index in [1.54, 1.807) is 24.5 Å². The second-order valence-corrected chi connectivity index (χ2v) is 5.08. The first-order chi connectivity index (χ1) is 10.1. The molecule has 2 heterocycles. The van der Waals surface area contributed by atoms with Gasteiger partial charge < -0.3 is 10.6 Å². The van der Waals surface area contributed by atoms with Crippen LogP contribution < -0.4 is 10.6 Å². The molecule has 21 heavy (non-hydrogen) atoms. The van der Waals surface area contributed by atoms with E-state index in [0.717, 1.165) is 22.4 Å². The molecule has 1 aliphatic heterocycles. The monoisotopic (exact) mass is 281 g/mol. The minimum absolute atomic E-state index is 0.0338. The van der Waals surface area contributed by atoms with Gasteiger partial charge in [-0.25, -0.2) is 0 Å². The fourth-order valence-electron chi connectivity index (χ4n) is 2.31. The van der Waals surface area contributed by atoms with Gasteiger partial charge in [0.25, 0.3) is 5.91 Å². The van der Waals surface area contributed by atoms with Crippen LogP contribution in [0.15, 0.2) is 36.7 Å². The second kappa shape index (κ2) is 5.36. The number of amides is 2. The Morgan fingerprint density at radius 2 is 2.24 bits per heavy atom. The summed E-state index contributed by atoms with van der Waals surface area (Å²) in [5, 5.41) is 5.61. The van der Waals surface area contributed by atoms with E-state index in [2.05, 4.69) is 15.6 Å². The Hall–Kier alpha value is -2.69. The number of nitrogens with one attached hydrogen (secondary N) is 2. The van der Waals surface area contributed by atoms with E-state index in [1.165, 1.54) is 0 Å². The Labute approximate surface area is 122 Å². The highest BCUT2D eigenvalue weighted by Gasteiger charge is 2.19. The summed E-state index contributed by atoms with van der Waals surface area (Å²) in [5.41, 5.74) is 4.27. The first kappa shape index (κ1) is 13.3. The Bertz CT molecular complexity index is 725. The van der Waals surface area contributed by atoms with E-state index in [1.807, 2.05) is 19.1 Å². The van der Waals surface area contributed by atoms with Crippen molar-refractivity contribution in [1.82, 2.24) is 10.3 Å². The molecule has 0 unspecified atom stereocenters. The predicted octanol–water partition coefficient (Wildman–Crippen LogP) is 1.81. The molecule has 1 aliphatic rings. The van der Waals surface area contributed by atoms with Crippen molar-refractivity contribution in [3.63, 3.8) is 0 Å². The van der Waals surface area contributed by atoms with Crippen LogP contribution in [0.5, 0.6) is 0 Å². The van der Waals surface area contributed by atoms with Gasteiger partial charge in [-0.15, -0.1) is 0 Å². The highest BCUT2D eigenvalue weighted by Crippen LogP contribution is 2.24. The van der Waals surface area contributed by atoms with E-state index in [9.17, 15) is 9.59 Å². The van der Waals surface area contributed by atoms with Crippen molar-refractivity contribution in [3.8, 4) is 0 Å². The Morgan fingerprint density at radius 3 is 3.05 bits per heavy atom. The van der Waals surface area contributed by atoms with Crippen LogP contribution in [0.3, 0.4) is 0 Å². The summed E-state index contributed by atoms with van der Waals surface area (Å²) in [6.45, 7) is 2.41. The minimum Gasteiger partial charge on any atom is -0.348 e. The first-order valence-corrected chi connectivity index (χ1v) is 6.74. The minimum atomic E-state index is -0.165. The zero-order chi connectivity index (χ0) is 14.8. The highest BCUT2D eigenvalue weighted by molar-refractivity contribution is 6.02. The Kier molecular flexibility index (Phi) is 3.39. The van der Waals surface area contributed by atoms with Gasteiger partial charge in [-0.05, 0) is 41.8 Å². The third kappa shape index (κ3) is 2.76. The van der Waals surface area contributed by atoms with Gasteiger partial charge in [0.1, 0.15) is 0 Å². The normalized spacial score (nSPS) is 12.7. The molecule has 0 fully saturated rings. The molecule has 0 bridgehead atoms. The average molecular weight is 281 g/mol. The van der Waals surface area contributed by atoms with E-state index < -0.39 is 0 Å². The van der Waals surface area contributed by atoms with Gasteiger partial charge in [0.2, 0.25) is 5.91 Å². The number of benzene rings is 1. The first-order valence-electron chi connectivity index (χ1n) is 6.74. The van der Waals surface area contributed by atoms with Gasteiger partial charge >= 0.3 is 0 Å². The highest BCUT2D eigenvalue weighted by atomic mass is 16.2. The molecule has 1 aromatic carbocycles. The van der Waals surface area contributed by atoms with Crippen molar-refractivity contribution in [2.45, 2.75) is 19.9 Å². The molecule has 2 amide bonds. The van der Waals surface area contributed by atoms with E-state index in [-0.39, 0.29) is 11.8 Å². The lowest BCUT2D eigenvalue weighted by atomic mass is 10.1. The number of carbonyl (C=O) groups is 2. The van der Waals surface area contributed by atoms with Crippen LogP contribution in [-0.4, -0.2) is 16.8 Å². The van der Waals surface area contributed by atoms with E-state index >= 15 is 0 Å². The van der Waals surface area contributed by atoms with Crippen LogP contribution in [0, 0.1) is 6.92 Å². The van der Waals surface area contributed by atoms with Gasteiger partial charge in [-0.1, -0.05) is 6.07 Å². The van der Waals surface area contributed by atoms with Crippen molar-refractivity contribution in [3.05, 3.63) is 58.9 Å². The lowest BCUT2D eigenvalue weighted by molar-refractivity contribution is -0.115. The van der Waals surface area contributed by atoms with Crippen LogP contribution in [0.2, 0.25) is 0 Å². The SMILES string of the molecule is Cc1ccncc1CNC(=O)c1ccc2c(c1)NC(=O)C2. The van der Waals surface area contributed by atoms with Crippen LogP contribution in [0.4, 0.5) is 5.69 Å². The maximum absolute atomic E-state index is 12.2. The van der Waals surface area contributed by atoms with Crippen molar-refractivity contribution in [2.75, 3.05) is 5.32 Å². The molecule has 5 heteroatoms. The van der Waals surface area contributed by atoms with Crippen molar-refractivity contribution >= 4 is 17.5 Å². The smallest absolute Gasteiger partial charge is 0.251 e. The fraction of sp³-hybridized carbons (Fsp3) is 0.188. The number of pyridine rings is 1. The maximum Gasteiger partial charge on any atom is 0.251 e. The second-order valence-electron chi connectivity index (χ2n) is 5.08. The number of hydrogen-bond donors (Lipinski definition) is 2. The Morgan fingerprint density at radius 1 is 1.38 bits per heavy atom. The molecule has 0 radical (unpaired) electrons. The van der Waals surface area contributed by atoms with Crippen molar-refractivity contribution < 1.29 is 9.59 Å². The molecule has 5 nitrogen and oxygen atoms in total. The zero-order valence-corrected chi connectivity index (χ0v) is 11.6. The van der Waals surface area contributed by atoms with Gasteiger partial charge in [0.15, 0.2) is 0 Å². The molecule has 0 saturated carbocycles. The lowest BCUT2D eigenvalue weighted by Crippen LogP contribution is -2.23. The molecule has 2 aromatic rings. The number of anilines is 1. The summed E-state index contributed by atoms with van der Waals surface area (Å²) >= 11 is 0.